The van der Waals surface area contributed by atoms with Gasteiger partial charge in [0, 0.05) is 24.7 Å². The lowest BCUT2D eigenvalue weighted by Crippen LogP contribution is -2.44. The van der Waals surface area contributed by atoms with Crippen molar-refractivity contribution in [3.05, 3.63) is 35.4 Å². The summed E-state index contributed by atoms with van der Waals surface area (Å²) >= 11 is 0. The van der Waals surface area contributed by atoms with Crippen molar-refractivity contribution in [2.45, 2.75) is 39.2 Å². The highest BCUT2D eigenvalue weighted by atomic mass is 16.2. The van der Waals surface area contributed by atoms with Crippen molar-refractivity contribution in [3.8, 4) is 0 Å². The summed E-state index contributed by atoms with van der Waals surface area (Å²) in [7, 11) is 0. The molecule has 19 heavy (non-hydrogen) atoms. The number of aryl methyl sites for hydroxylation is 1. The topological polar surface area (TPSA) is 46.3 Å². The predicted octanol–water partition coefficient (Wildman–Crippen LogP) is 2.45. The van der Waals surface area contributed by atoms with Crippen molar-refractivity contribution in [2.24, 2.45) is 11.7 Å². The molecule has 1 amide bonds. The molecule has 2 unspecified atom stereocenters. The minimum Gasteiger partial charge on any atom is -0.337 e. The van der Waals surface area contributed by atoms with E-state index in [4.69, 9.17) is 5.73 Å². The van der Waals surface area contributed by atoms with Crippen molar-refractivity contribution in [1.29, 1.82) is 0 Å². The lowest BCUT2D eigenvalue weighted by atomic mass is 9.99. The molecule has 3 heteroatoms. The highest BCUT2D eigenvalue weighted by Gasteiger charge is 2.24. The fourth-order valence-electron chi connectivity index (χ4n) is 2.59. The molecular weight excluding hydrogens is 236 g/mol. The maximum atomic E-state index is 12.6. The summed E-state index contributed by atoms with van der Waals surface area (Å²) in [5.74, 6) is 0.596. The van der Waals surface area contributed by atoms with Gasteiger partial charge in [-0.25, -0.2) is 0 Å². The molecule has 1 aromatic carbocycles. The Morgan fingerprint density at radius 1 is 1.37 bits per heavy atom. The minimum absolute atomic E-state index is 0.0687. The first-order chi connectivity index (χ1) is 9.13. The van der Waals surface area contributed by atoms with Gasteiger partial charge in [-0.3, -0.25) is 4.79 Å². The Bertz CT molecular complexity index is 444. The van der Waals surface area contributed by atoms with E-state index in [-0.39, 0.29) is 11.9 Å². The smallest absolute Gasteiger partial charge is 0.254 e. The third kappa shape index (κ3) is 3.16. The Balaban J connectivity index is 2.13. The fourth-order valence-corrected chi connectivity index (χ4v) is 2.59. The molecule has 1 aromatic rings. The number of carbonyl (C=O) groups is 1. The third-order valence-electron chi connectivity index (χ3n) is 4.22. The highest BCUT2D eigenvalue weighted by Crippen LogP contribution is 2.19. The fraction of sp³-hybridized carbons (Fsp3) is 0.562. The second-order valence-electron chi connectivity index (χ2n) is 5.56. The minimum atomic E-state index is 0.0687. The lowest BCUT2D eigenvalue weighted by Gasteiger charge is -2.27. The van der Waals surface area contributed by atoms with Crippen LogP contribution in [0.5, 0.6) is 0 Å². The molecule has 104 valence electrons. The number of nitrogens with two attached hydrogens (primary N) is 1. The van der Waals surface area contributed by atoms with E-state index in [1.807, 2.05) is 23.1 Å². The second kappa shape index (κ2) is 6.20. The van der Waals surface area contributed by atoms with Crippen molar-refractivity contribution in [3.63, 3.8) is 0 Å². The van der Waals surface area contributed by atoms with E-state index in [2.05, 4.69) is 19.9 Å². The summed E-state index contributed by atoms with van der Waals surface area (Å²) in [5, 5.41) is 0. The molecule has 0 fully saturated rings. The van der Waals surface area contributed by atoms with E-state index in [1.54, 1.807) is 0 Å². The first kappa shape index (κ1) is 14.1. The molecule has 0 saturated carbocycles. The predicted molar refractivity (Wildman–Crippen MR) is 78.1 cm³/mol. The Morgan fingerprint density at radius 2 is 2.11 bits per heavy atom. The van der Waals surface area contributed by atoms with E-state index in [0.29, 0.717) is 12.5 Å². The van der Waals surface area contributed by atoms with Crippen LogP contribution in [0.15, 0.2) is 24.3 Å². The number of fused-ring (bicyclic) bond motifs is 1. The molecule has 1 heterocycles. The average molecular weight is 260 g/mol. The van der Waals surface area contributed by atoms with Gasteiger partial charge < -0.3 is 10.6 Å². The van der Waals surface area contributed by atoms with Gasteiger partial charge in [-0.05, 0) is 30.4 Å². The summed E-state index contributed by atoms with van der Waals surface area (Å²) in [6.07, 6.45) is 3.06. The lowest BCUT2D eigenvalue weighted by molar-refractivity contribution is 0.0740. The molecule has 3 nitrogen and oxygen atoms in total. The van der Waals surface area contributed by atoms with Crippen LogP contribution >= 0.6 is 0 Å². The second-order valence-corrected chi connectivity index (χ2v) is 5.56. The van der Waals surface area contributed by atoms with Gasteiger partial charge in [0.05, 0.1) is 0 Å². The van der Waals surface area contributed by atoms with Gasteiger partial charge in [-0.15, -0.1) is 0 Å². The van der Waals surface area contributed by atoms with E-state index >= 15 is 0 Å². The summed E-state index contributed by atoms with van der Waals surface area (Å²) in [6.45, 7) is 5.78. The Morgan fingerprint density at radius 3 is 2.84 bits per heavy atom. The molecule has 2 rings (SSSR count). The van der Waals surface area contributed by atoms with Crippen molar-refractivity contribution in [1.82, 2.24) is 4.90 Å². The molecular formula is C16H24N2O. The van der Waals surface area contributed by atoms with Crippen LogP contribution in [-0.4, -0.2) is 29.9 Å². The van der Waals surface area contributed by atoms with Crippen molar-refractivity contribution in [2.75, 3.05) is 13.1 Å². The van der Waals surface area contributed by atoms with Crippen molar-refractivity contribution < 1.29 is 4.79 Å². The first-order valence-corrected chi connectivity index (χ1v) is 7.26. The zero-order valence-corrected chi connectivity index (χ0v) is 11.9. The van der Waals surface area contributed by atoms with Crippen LogP contribution in [0, 0.1) is 5.92 Å². The average Bonchev–Trinajstić information content (AvgIpc) is 2.59. The number of amides is 1. The Labute approximate surface area is 115 Å². The summed E-state index contributed by atoms with van der Waals surface area (Å²) in [4.78, 5) is 14.5. The van der Waals surface area contributed by atoms with Crippen molar-refractivity contribution >= 4 is 5.91 Å². The van der Waals surface area contributed by atoms with E-state index in [0.717, 1.165) is 31.4 Å². The van der Waals surface area contributed by atoms with Crippen LogP contribution in [-0.2, 0) is 6.42 Å². The van der Waals surface area contributed by atoms with Gasteiger partial charge >= 0.3 is 0 Å². The van der Waals surface area contributed by atoms with E-state index in [9.17, 15) is 4.79 Å². The van der Waals surface area contributed by atoms with Crippen LogP contribution in [0.4, 0.5) is 0 Å². The molecule has 0 aliphatic carbocycles. The molecule has 0 spiro atoms. The van der Waals surface area contributed by atoms with Gasteiger partial charge in [0.2, 0.25) is 0 Å². The standard InChI is InChI=1S/C16H24N2O/c1-3-12(2)15(17)11-18-10-6-8-13-7-4-5-9-14(13)16(18)19/h4-5,7,9,12,15H,3,6,8,10-11,17H2,1-2H3. The molecule has 2 N–H and O–H groups in total. The molecule has 2 atom stereocenters. The quantitative estimate of drug-likeness (QED) is 0.904. The molecule has 0 saturated heterocycles. The first-order valence-electron chi connectivity index (χ1n) is 7.26. The Kier molecular flexibility index (Phi) is 4.59. The normalized spacial score (nSPS) is 18.7. The largest absolute Gasteiger partial charge is 0.337 e. The zero-order valence-electron chi connectivity index (χ0n) is 11.9. The van der Waals surface area contributed by atoms with Gasteiger partial charge in [-0.2, -0.15) is 0 Å². The Hall–Kier alpha value is -1.35. The number of nitrogens with zero attached hydrogens (tertiary/aromatic N) is 1. The van der Waals surface area contributed by atoms with Crippen LogP contribution in [0.25, 0.3) is 0 Å². The number of carbonyl (C=O) groups excluding carboxylic acids is 1. The molecule has 0 radical (unpaired) electrons. The van der Waals surface area contributed by atoms with Gasteiger partial charge in [0.15, 0.2) is 0 Å². The highest BCUT2D eigenvalue weighted by molar-refractivity contribution is 5.96. The number of rotatable bonds is 4. The van der Waals surface area contributed by atoms with Crippen LogP contribution in [0.1, 0.15) is 42.6 Å². The van der Waals surface area contributed by atoms with E-state index < -0.39 is 0 Å². The summed E-state index contributed by atoms with van der Waals surface area (Å²) < 4.78 is 0. The maximum Gasteiger partial charge on any atom is 0.254 e. The number of hydrogen-bond donors (Lipinski definition) is 1. The maximum absolute atomic E-state index is 12.6. The van der Waals surface area contributed by atoms with Crippen LogP contribution in [0.3, 0.4) is 0 Å². The van der Waals surface area contributed by atoms with Gasteiger partial charge in [-0.1, -0.05) is 38.5 Å². The third-order valence-corrected chi connectivity index (χ3v) is 4.22. The van der Waals surface area contributed by atoms with Crippen LogP contribution in [0.2, 0.25) is 0 Å². The van der Waals surface area contributed by atoms with E-state index in [1.165, 1.54) is 5.56 Å². The SMILES string of the molecule is CCC(C)C(N)CN1CCCc2ccccc2C1=O. The molecule has 1 aliphatic heterocycles. The summed E-state index contributed by atoms with van der Waals surface area (Å²) in [5.41, 5.74) is 8.23. The number of benzene rings is 1. The van der Waals surface area contributed by atoms with Gasteiger partial charge in [0.1, 0.15) is 0 Å². The monoisotopic (exact) mass is 260 g/mol. The molecule has 0 bridgehead atoms. The van der Waals surface area contributed by atoms with Gasteiger partial charge in [0.25, 0.3) is 5.91 Å². The number of hydrogen-bond acceptors (Lipinski definition) is 2. The zero-order chi connectivity index (χ0) is 13.8. The van der Waals surface area contributed by atoms with Crippen LogP contribution < -0.4 is 5.73 Å². The molecule has 1 aliphatic rings. The summed E-state index contributed by atoms with van der Waals surface area (Å²) in [6, 6.07) is 8.01. The molecule has 0 aromatic heterocycles.